The molecule has 2 N–H and O–H groups in total. The van der Waals surface area contributed by atoms with Gasteiger partial charge in [0, 0.05) is 0 Å². The van der Waals surface area contributed by atoms with Gasteiger partial charge in [-0.05, 0) is 31.5 Å². The van der Waals surface area contributed by atoms with Gasteiger partial charge in [-0.25, -0.2) is 9.18 Å². The lowest BCUT2D eigenvalue weighted by molar-refractivity contribution is 0.0629. The molecule has 0 saturated heterocycles. The second kappa shape index (κ2) is 3.38. The smallest absolute Gasteiger partial charge is 0.336 e. The van der Waals surface area contributed by atoms with Gasteiger partial charge in [0.25, 0.3) is 0 Å². The minimum absolute atomic E-state index is 0.200. The van der Waals surface area contributed by atoms with E-state index in [1.807, 2.05) is 0 Å². The van der Waals surface area contributed by atoms with Gasteiger partial charge in [0.1, 0.15) is 5.82 Å². The minimum Gasteiger partial charge on any atom is -0.478 e. The fraction of sp³-hybridized carbons (Fsp3) is 0.300. The summed E-state index contributed by atoms with van der Waals surface area (Å²) < 4.78 is 12.8. The molecule has 0 bridgehead atoms. The molecule has 0 saturated carbocycles. The van der Waals surface area contributed by atoms with E-state index in [-0.39, 0.29) is 11.1 Å². The topological polar surface area (TPSA) is 57.5 Å². The average molecular weight is 198 g/mol. The average Bonchev–Trinajstić information content (AvgIpc) is 2.01. The first-order chi connectivity index (χ1) is 6.32. The molecule has 0 aliphatic carbocycles. The Morgan fingerprint density at radius 3 is 2.43 bits per heavy atom. The first-order valence-corrected chi connectivity index (χ1v) is 4.08. The van der Waals surface area contributed by atoms with Crippen LogP contribution >= 0.6 is 0 Å². The molecule has 0 amide bonds. The first-order valence-electron chi connectivity index (χ1n) is 4.08. The van der Waals surface area contributed by atoms with Gasteiger partial charge in [-0.3, -0.25) is 0 Å². The van der Waals surface area contributed by atoms with E-state index in [1.54, 1.807) is 0 Å². The van der Waals surface area contributed by atoms with E-state index in [0.29, 0.717) is 0 Å². The molecule has 0 radical (unpaired) electrons. The summed E-state index contributed by atoms with van der Waals surface area (Å²) in [6, 6.07) is 3.30. The number of carboxylic acids is 1. The van der Waals surface area contributed by atoms with Crippen LogP contribution in [0.15, 0.2) is 18.2 Å². The minimum atomic E-state index is -1.29. The number of carboxylic acid groups (broad SMARTS) is 1. The molecule has 0 aromatic heterocycles. The molecule has 0 unspecified atom stereocenters. The van der Waals surface area contributed by atoms with Gasteiger partial charge in [-0.15, -0.1) is 0 Å². The number of aromatic carboxylic acids is 1. The number of hydrogen-bond donors (Lipinski definition) is 2. The Balaban J connectivity index is 3.37. The molecule has 76 valence electrons. The van der Waals surface area contributed by atoms with Crippen molar-refractivity contribution in [3.63, 3.8) is 0 Å². The third-order valence-corrected chi connectivity index (χ3v) is 1.87. The molecule has 0 aliphatic rings. The molecule has 1 aromatic carbocycles. The Morgan fingerprint density at radius 2 is 2.00 bits per heavy atom. The van der Waals surface area contributed by atoms with Crippen LogP contribution in [0.5, 0.6) is 0 Å². The summed E-state index contributed by atoms with van der Waals surface area (Å²) in [6.07, 6.45) is 0. The van der Waals surface area contributed by atoms with Gasteiger partial charge < -0.3 is 10.2 Å². The van der Waals surface area contributed by atoms with Crippen molar-refractivity contribution in [2.24, 2.45) is 0 Å². The molecule has 1 aromatic rings. The van der Waals surface area contributed by atoms with Crippen LogP contribution in [0.3, 0.4) is 0 Å². The summed E-state index contributed by atoms with van der Waals surface area (Å²) in [5.41, 5.74) is -1.30. The lowest BCUT2D eigenvalue weighted by Crippen LogP contribution is -2.20. The predicted molar refractivity (Wildman–Crippen MR) is 48.6 cm³/mol. The van der Waals surface area contributed by atoms with Crippen LogP contribution in [0, 0.1) is 5.82 Å². The standard InChI is InChI=1S/C10H11FO3/c1-10(2,14)8-4-3-6(11)5-7(8)9(12)13/h3-5,14H,1-2H3,(H,12,13). The summed E-state index contributed by atoms with van der Waals surface area (Å²) in [5, 5.41) is 18.4. The number of aliphatic hydroxyl groups is 1. The fourth-order valence-corrected chi connectivity index (χ4v) is 1.23. The van der Waals surface area contributed by atoms with Gasteiger partial charge in [0.2, 0.25) is 0 Å². The summed E-state index contributed by atoms with van der Waals surface area (Å²) in [6.45, 7) is 2.90. The second-order valence-electron chi connectivity index (χ2n) is 3.55. The zero-order chi connectivity index (χ0) is 10.9. The Kier molecular flexibility index (Phi) is 2.57. The molecule has 0 spiro atoms. The van der Waals surface area contributed by atoms with Crippen molar-refractivity contribution in [3.8, 4) is 0 Å². The Morgan fingerprint density at radius 1 is 1.43 bits per heavy atom. The molecule has 0 aliphatic heterocycles. The van der Waals surface area contributed by atoms with Crippen molar-refractivity contribution >= 4 is 5.97 Å². The number of halogens is 1. The second-order valence-corrected chi connectivity index (χ2v) is 3.55. The monoisotopic (exact) mass is 198 g/mol. The van der Waals surface area contributed by atoms with E-state index in [0.717, 1.165) is 12.1 Å². The maximum Gasteiger partial charge on any atom is 0.336 e. The Hall–Kier alpha value is -1.42. The fourth-order valence-electron chi connectivity index (χ4n) is 1.23. The van der Waals surface area contributed by atoms with Crippen molar-refractivity contribution in [3.05, 3.63) is 35.1 Å². The zero-order valence-electron chi connectivity index (χ0n) is 7.91. The summed E-state index contributed by atoms with van der Waals surface area (Å²) >= 11 is 0. The first kappa shape index (κ1) is 10.7. The van der Waals surface area contributed by atoms with E-state index in [4.69, 9.17) is 5.11 Å². The van der Waals surface area contributed by atoms with Crippen LogP contribution in [0.1, 0.15) is 29.8 Å². The van der Waals surface area contributed by atoms with Crippen LogP contribution in [0.25, 0.3) is 0 Å². The largest absolute Gasteiger partial charge is 0.478 e. The molecule has 0 atom stereocenters. The number of benzene rings is 1. The van der Waals surface area contributed by atoms with Gasteiger partial charge in [0.05, 0.1) is 11.2 Å². The van der Waals surface area contributed by atoms with Gasteiger partial charge in [0.15, 0.2) is 0 Å². The molecule has 4 heteroatoms. The normalized spacial score (nSPS) is 11.4. The Labute approximate surface area is 80.8 Å². The van der Waals surface area contributed by atoms with E-state index in [1.165, 1.54) is 19.9 Å². The lowest BCUT2D eigenvalue weighted by atomic mass is 9.93. The van der Waals surface area contributed by atoms with E-state index >= 15 is 0 Å². The van der Waals surface area contributed by atoms with Gasteiger partial charge in [-0.1, -0.05) is 6.07 Å². The van der Waals surface area contributed by atoms with Crippen LogP contribution in [0.4, 0.5) is 4.39 Å². The maximum absolute atomic E-state index is 12.8. The van der Waals surface area contributed by atoms with E-state index in [9.17, 15) is 14.3 Å². The van der Waals surface area contributed by atoms with Crippen molar-refractivity contribution in [2.75, 3.05) is 0 Å². The summed E-state index contributed by atoms with van der Waals surface area (Å²) in [5.74, 6) is -1.88. The van der Waals surface area contributed by atoms with Crippen molar-refractivity contribution < 1.29 is 19.4 Å². The molecule has 0 fully saturated rings. The molecule has 1 rings (SSSR count). The molecule has 0 heterocycles. The maximum atomic E-state index is 12.8. The van der Waals surface area contributed by atoms with E-state index < -0.39 is 17.4 Å². The molecular formula is C10H11FO3. The Bertz CT molecular complexity index is 366. The van der Waals surface area contributed by atoms with Crippen molar-refractivity contribution in [1.29, 1.82) is 0 Å². The van der Waals surface area contributed by atoms with Gasteiger partial charge >= 0.3 is 5.97 Å². The highest BCUT2D eigenvalue weighted by molar-refractivity contribution is 5.89. The third-order valence-electron chi connectivity index (χ3n) is 1.87. The summed E-state index contributed by atoms with van der Waals surface area (Å²) in [4.78, 5) is 10.7. The highest BCUT2D eigenvalue weighted by Crippen LogP contribution is 2.24. The molecular weight excluding hydrogens is 187 g/mol. The lowest BCUT2D eigenvalue weighted by Gasteiger charge is -2.19. The van der Waals surface area contributed by atoms with Crippen LogP contribution in [0.2, 0.25) is 0 Å². The predicted octanol–water partition coefficient (Wildman–Crippen LogP) is 1.75. The number of rotatable bonds is 2. The van der Waals surface area contributed by atoms with Crippen LogP contribution < -0.4 is 0 Å². The zero-order valence-corrected chi connectivity index (χ0v) is 7.91. The molecule has 3 nitrogen and oxygen atoms in total. The quantitative estimate of drug-likeness (QED) is 0.761. The van der Waals surface area contributed by atoms with Gasteiger partial charge in [-0.2, -0.15) is 0 Å². The van der Waals surface area contributed by atoms with Crippen LogP contribution in [-0.4, -0.2) is 16.2 Å². The van der Waals surface area contributed by atoms with Crippen molar-refractivity contribution in [1.82, 2.24) is 0 Å². The number of carbonyl (C=O) groups is 1. The molecule has 14 heavy (non-hydrogen) atoms. The third kappa shape index (κ3) is 2.09. The number of hydrogen-bond acceptors (Lipinski definition) is 2. The van der Waals surface area contributed by atoms with E-state index in [2.05, 4.69) is 0 Å². The van der Waals surface area contributed by atoms with Crippen molar-refractivity contribution in [2.45, 2.75) is 19.4 Å². The highest BCUT2D eigenvalue weighted by atomic mass is 19.1. The van der Waals surface area contributed by atoms with Crippen LogP contribution in [-0.2, 0) is 5.60 Å². The highest BCUT2D eigenvalue weighted by Gasteiger charge is 2.23. The SMILES string of the molecule is CC(C)(O)c1ccc(F)cc1C(=O)O. The summed E-state index contributed by atoms with van der Waals surface area (Å²) in [7, 11) is 0.